The van der Waals surface area contributed by atoms with Crippen molar-refractivity contribution < 1.29 is 14.3 Å². The Bertz CT molecular complexity index is 1200. The van der Waals surface area contributed by atoms with Gasteiger partial charge in [-0.3, -0.25) is 4.79 Å². The molecule has 0 aliphatic carbocycles. The minimum atomic E-state index is -0.223. The third-order valence-corrected chi connectivity index (χ3v) is 5.37. The summed E-state index contributed by atoms with van der Waals surface area (Å²) in [5, 5.41) is 12.7. The van der Waals surface area contributed by atoms with Crippen LogP contribution in [-0.4, -0.2) is 51.1 Å². The molecule has 5 rings (SSSR count). The van der Waals surface area contributed by atoms with Crippen LogP contribution in [0.15, 0.2) is 53.7 Å². The van der Waals surface area contributed by atoms with Crippen molar-refractivity contribution >= 4 is 39.7 Å². The highest BCUT2D eigenvalue weighted by molar-refractivity contribution is 7.99. The fourth-order valence-corrected chi connectivity index (χ4v) is 3.76. The minimum absolute atomic E-state index is 0.127. The molecule has 0 fully saturated rings. The molecule has 0 unspecified atom stereocenters. The van der Waals surface area contributed by atoms with Gasteiger partial charge in [0.05, 0.1) is 12.3 Å². The van der Waals surface area contributed by atoms with E-state index in [0.717, 1.165) is 22.2 Å². The maximum Gasteiger partial charge on any atom is 0.230 e. The van der Waals surface area contributed by atoms with E-state index < -0.39 is 0 Å². The molecular weight excluding hydrogens is 390 g/mol. The Kier molecular flexibility index (Phi) is 4.65. The summed E-state index contributed by atoms with van der Waals surface area (Å²) in [6, 6.07) is 15.3. The van der Waals surface area contributed by atoms with E-state index >= 15 is 0 Å². The molecule has 1 atom stereocenters. The molecule has 0 saturated heterocycles. The van der Waals surface area contributed by atoms with Crippen molar-refractivity contribution in [2.24, 2.45) is 0 Å². The third kappa shape index (κ3) is 3.68. The summed E-state index contributed by atoms with van der Waals surface area (Å²) in [5.74, 6) is 1.48. The smallest absolute Gasteiger partial charge is 0.230 e. The Morgan fingerprint density at radius 2 is 1.97 bits per heavy atom. The molecule has 1 aliphatic rings. The van der Waals surface area contributed by atoms with Crippen molar-refractivity contribution in [3.05, 3.63) is 48.5 Å². The predicted molar refractivity (Wildman–Crippen MR) is 109 cm³/mol. The lowest BCUT2D eigenvalue weighted by Gasteiger charge is -2.26. The van der Waals surface area contributed by atoms with Gasteiger partial charge in [-0.2, -0.15) is 0 Å². The normalized spacial score (nSPS) is 15.5. The standard InChI is InChI=1S/C20H17N5O3S/c26-17(21-9-12-10-27-15-7-3-4-8-16(15)28-12)11-29-20-23-19-18(24-25-20)13-5-1-2-6-14(13)22-19/h1-8,12H,9-11H2,(H,21,26)(H,22,23,25)/t12-/m0/s1. The number of aromatic nitrogens is 4. The van der Waals surface area contributed by atoms with Gasteiger partial charge in [-0.15, -0.1) is 10.2 Å². The van der Waals surface area contributed by atoms with E-state index in [0.29, 0.717) is 29.7 Å². The van der Waals surface area contributed by atoms with Crippen LogP contribution in [0.3, 0.4) is 0 Å². The van der Waals surface area contributed by atoms with Gasteiger partial charge in [0.25, 0.3) is 0 Å². The molecule has 0 spiro atoms. The second-order valence-electron chi connectivity index (χ2n) is 6.55. The van der Waals surface area contributed by atoms with Crippen LogP contribution in [0.25, 0.3) is 22.1 Å². The van der Waals surface area contributed by atoms with Gasteiger partial charge in [-0.25, -0.2) is 4.98 Å². The highest BCUT2D eigenvalue weighted by Crippen LogP contribution is 2.30. The first-order chi connectivity index (χ1) is 14.3. The van der Waals surface area contributed by atoms with E-state index in [1.165, 1.54) is 11.8 Å². The predicted octanol–water partition coefficient (Wildman–Crippen LogP) is 2.55. The van der Waals surface area contributed by atoms with Crippen LogP contribution in [0.4, 0.5) is 0 Å². The van der Waals surface area contributed by atoms with Gasteiger partial charge in [0.2, 0.25) is 11.1 Å². The zero-order valence-electron chi connectivity index (χ0n) is 15.3. The minimum Gasteiger partial charge on any atom is -0.486 e. The molecule has 9 heteroatoms. The summed E-state index contributed by atoms with van der Waals surface area (Å²) < 4.78 is 11.5. The maximum absolute atomic E-state index is 12.2. The Morgan fingerprint density at radius 3 is 2.90 bits per heavy atom. The fourth-order valence-electron chi connectivity index (χ4n) is 3.14. The quantitative estimate of drug-likeness (QED) is 0.490. The molecule has 2 aromatic carbocycles. The number of benzene rings is 2. The Hall–Kier alpha value is -3.33. The van der Waals surface area contributed by atoms with Gasteiger partial charge in [0.15, 0.2) is 17.1 Å². The number of fused-ring (bicyclic) bond motifs is 4. The van der Waals surface area contributed by atoms with Gasteiger partial charge in [0, 0.05) is 10.9 Å². The molecule has 4 aromatic rings. The summed E-state index contributed by atoms with van der Waals surface area (Å²) in [7, 11) is 0. The average molecular weight is 407 g/mol. The summed E-state index contributed by atoms with van der Waals surface area (Å²) >= 11 is 1.24. The van der Waals surface area contributed by atoms with E-state index in [-0.39, 0.29) is 17.8 Å². The van der Waals surface area contributed by atoms with Gasteiger partial charge < -0.3 is 19.8 Å². The number of carbonyl (C=O) groups excluding carboxylic acids is 1. The fraction of sp³-hybridized carbons (Fsp3) is 0.200. The van der Waals surface area contributed by atoms with Crippen molar-refractivity contribution in [1.29, 1.82) is 0 Å². The molecule has 3 heterocycles. The van der Waals surface area contributed by atoms with Gasteiger partial charge in [-0.05, 0) is 18.2 Å². The van der Waals surface area contributed by atoms with Crippen LogP contribution in [0.1, 0.15) is 0 Å². The van der Waals surface area contributed by atoms with Crippen molar-refractivity contribution in [1.82, 2.24) is 25.5 Å². The van der Waals surface area contributed by atoms with E-state index in [1.54, 1.807) is 0 Å². The van der Waals surface area contributed by atoms with Gasteiger partial charge >= 0.3 is 0 Å². The number of aromatic amines is 1. The highest BCUT2D eigenvalue weighted by Gasteiger charge is 2.21. The Morgan fingerprint density at radius 1 is 1.14 bits per heavy atom. The summed E-state index contributed by atoms with van der Waals surface area (Å²) in [6.45, 7) is 0.766. The average Bonchev–Trinajstić information content (AvgIpc) is 3.14. The molecule has 146 valence electrons. The molecule has 2 aromatic heterocycles. The van der Waals surface area contributed by atoms with Crippen molar-refractivity contribution in [2.45, 2.75) is 11.3 Å². The summed E-state index contributed by atoms with van der Waals surface area (Å²) in [4.78, 5) is 19.9. The molecule has 8 nitrogen and oxygen atoms in total. The van der Waals surface area contributed by atoms with E-state index in [1.807, 2.05) is 48.5 Å². The zero-order chi connectivity index (χ0) is 19.6. The highest BCUT2D eigenvalue weighted by atomic mass is 32.2. The number of nitrogens with one attached hydrogen (secondary N) is 2. The maximum atomic E-state index is 12.2. The molecule has 29 heavy (non-hydrogen) atoms. The molecule has 1 amide bonds. The number of H-pyrrole nitrogens is 1. The number of amides is 1. The largest absolute Gasteiger partial charge is 0.486 e. The van der Waals surface area contributed by atoms with Crippen LogP contribution in [0, 0.1) is 0 Å². The van der Waals surface area contributed by atoms with Crippen molar-refractivity contribution in [3.63, 3.8) is 0 Å². The first-order valence-corrected chi connectivity index (χ1v) is 10.1. The number of ether oxygens (including phenoxy) is 2. The SMILES string of the molecule is O=C(CSc1nnc2c(n1)[nH]c1ccccc12)NC[C@H]1COc2ccccc2O1. The molecule has 0 saturated carbocycles. The summed E-state index contributed by atoms with van der Waals surface area (Å²) in [5.41, 5.74) is 2.35. The Labute approximate surface area is 170 Å². The van der Waals surface area contributed by atoms with E-state index in [9.17, 15) is 4.79 Å². The number of hydrogen-bond acceptors (Lipinski definition) is 7. The van der Waals surface area contributed by atoms with Crippen molar-refractivity contribution in [3.8, 4) is 11.5 Å². The van der Waals surface area contributed by atoms with Crippen LogP contribution >= 0.6 is 11.8 Å². The number of para-hydroxylation sites is 3. The lowest BCUT2D eigenvalue weighted by Crippen LogP contribution is -2.41. The van der Waals surface area contributed by atoms with E-state index in [2.05, 4.69) is 25.5 Å². The number of hydrogen-bond donors (Lipinski definition) is 2. The lowest BCUT2D eigenvalue weighted by atomic mass is 10.2. The second-order valence-corrected chi connectivity index (χ2v) is 7.50. The lowest BCUT2D eigenvalue weighted by molar-refractivity contribution is -0.119. The van der Waals surface area contributed by atoms with Crippen LogP contribution < -0.4 is 14.8 Å². The number of carbonyl (C=O) groups is 1. The van der Waals surface area contributed by atoms with Crippen molar-refractivity contribution in [2.75, 3.05) is 18.9 Å². The molecular formula is C20H17N5O3S. The Balaban J connectivity index is 1.16. The molecule has 0 radical (unpaired) electrons. The number of thioether (sulfide) groups is 1. The van der Waals surface area contributed by atoms with Crippen LogP contribution in [0.5, 0.6) is 11.5 Å². The first kappa shape index (κ1) is 17.7. The van der Waals surface area contributed by atoms with Gasteiger partial charge in [-0.1, -0.05) is 42.1 Å². The number of nitrogens with zero attached hydrogens (tertiary/aromatic N) is 3. The molecule has 0 bridgehead atoms. The molecule has 2 N–H and O–H groups in total. The third-order valence-electron chi connectivity index (χ3n) is 4.53. The zero-order valence-corrected chi connectivity index (χ0v) is 16.1. The number of rotatable bonds is 5. The van der Waals surface area contributed by atoms with Gasteiger partial charge in [0.1, 0.15) is 18.2 Å². The van der Waals surface area contributed by atoms with E-state index in [4.69, 9.17) is 9.47 Å². The van der Waals surface area contributed by atoms with Crippen LogP contribution in [0.2, 0.25) is 0 Å². The first-order valence-electron chi connectivity index (χ1n) is 9.15. The second kappa shape index (κ2) is 7.59. The van der Waals surface area contributed by atoms with Crippen LogP contribution in [-0.2, 0) is 4.79 Å². The summed E-state index contributed by atoms with van der Waals surface area (Å²) in [6.07, 6.45) is -0.223. The monoisotopic (exact) mass is 407 g/mol. The topological polar surface area (TPSA) is 102 Å². The molecule has 1 aliphatic heterocycles.